The Labute approximate surface area is 286 Å². The molecule has 2 amide bonds. The summed E-state index contributed by atoms with van der Waals surface area (Å²) >= 11 is 4.05. The van der Waals surface area contributed by atoms with Crippen molar-refractivity contribution in [1.29, 1.82) is 0 Å². The van der Waals surface area contributed by atoms with E-state index in [1.54, 1.807) is 19.9 Å². The highest BCUT2D eigenvalue weighted by Crippen LogP contribution is 2.26. The zero-order valence-corrected chi connectivity index (χ0v) is 29.1. The van der Waals surface area contributed by atoms with Gasteiger partial charge in [0.15, 0.2) is 6.10 Å². The van der Waals surface area contributed by atoms with Crippen LogP contribution >= 0.6 is 12.6 Å². The van der Waals surface area contributed by atoms with Gasteiger partial charge in [0.05, 0.1) is 5.56 Å². The van der Waals surface area contributed by atoms with Crippen molar-refractivity contribution in [2.24, 2.45) is 5.41 Å². The number of esters is 2. The van der Waals surface area contributed by atoms with Crippen LogP contribution in [0.3, 0.4) is 0 Å². The molecule has 1 aromatic heterocycles. The van der Waals surface area contributed by atoms with Crippen LogP contribution in [0.2, 0.25) is 0 Å². The molecular formula is C37H53N3O6S. The number of nitrogens with one attached hydrogen (secondary N) is 2. The average molecular weight is 668 g/mol. The summed E-state index contributed by atoms with van der Waals surface area (Å²) in [4.78, 5) is 54.2. The minimum Gasteiger partial charge on any atom is -0.465 e. The molecule has 47 heavy (non-hydrogen) atoms. The molecule has 0 radical (unpaired) electrons. The number of allylic oxidation sites excluding steroid dienone is 10. The Kier molecular flexibility index (Phi) is 22.9. The van der Waals surface area contributed by atoms with Gasteiger partial charge in [0.1, 0.15) is 6.61 Å². The van der Waals surface area contributed by atoms with E-state index in [-0.39, 0.29) is 37.5 Å². The molecule has 10 heteroatoms. The van der Waals surface area contributed by atoms with E-state index < -0.39 is 29.4 Å². The number of hydrogen-bond donors (Lipinski definition) is 3. The number of thiol groups is 1. The number of pyridine rings is 1. The van der Waals surface area contributed by atoms with Crippen LogP contribution in [0.1, 0.15) is 88.9 Å². The summed E-state index contributed by atoms with van der Waals surface area (Å²) in [6.07, 6.45) is 29.4. The third-order valence-corrected chi connectivity index (χ3v) is 6.89. The van der Waals surface area contributed by atoms with E-state index in [9.17, 15) is 19.2 Å². The summed E-state index contributed by atoms with van der Waals surface area (Å²) in [7, 11) is 0. The van der Waals surface area contributed by atoms with E-state index in [2.05, 4.69) is 89.9 Å². The predicted molar refractivity (Wildman–Crippen MR) is 191 cm³/mol. The topological polar surface area (TPSA) is 124 Å². The average Bonchev–Trinajstić information content (AvgIpc) is 3.06. The third-order valence-electron chi connectivity index (χ3n) is 6.67. The van der Waals surface area contributed by atoms with E-state index in [0.29, 0.717) is 18.7 Å². The fourth-order valence-corrected chi connectivity index (χ4v) is 4.16. The largest absolute Gasteiger partial charge is 0.465 e. The number of ether oxygens (including phenoxy) is 2. The molecule has 0 aromatic carbocycles. The third kappa shape index (κ3) is 20.7. The Morgan fingerprint density at radius 3 is 2.06 bits per heavy atom. The van der Waals surface area contributed by atoms with Crippen molar-refractivity contribution in [1.82, 2.24) is 15.6 Å². The molecule has 9 nitrogen and oxygen atoms in total. The Morgan fingerprint density at radius 1 is 0.872 bits per heavy atom. The summed E-state index contributed by atoms with van der Waals surface area (Å²) < 4.78 is 11.1. The molecule has 1 rings (SSSR count). The fourth-order valence-electron chi connectivity index (χ4n) is 4.05. The summed E-state index contributed by atoms with van der Waals surface area (Å²) in [5, 5.41) is 5.33. The molecule has 1 heterocycles. The molecule has 0 bridgehead atoms. The molecule has 0 aliphatic carbocycles. The quantitative estimate of drug-likeness (QED) is 0.0488. The van der Waals surface area contributed by atoms with Crippen LogP contribution in [0.25, 0.3) is 0 Å². The Hall–Kier alpha value is -3.92. The van der Waals surface area contributed by atoms with Crippen LogP contribution in [-0.2, 0) is 23.9 Å². The zero-order chi connectivity index (χ0) is 34.6. The second-order valence-corrected chi connectivity index (χ2v) is 11.8. The molecule has 0 aliphatic rings. The number of unbranched alkanes of at least 4 members (excludes halogenated alkanes) is 1. The van der Waals surface area contributed by atoms with Gasteiger partial charge in [0, 0.05) is 49.5 Å². The lowest BCUT2D eigenvalue weighted by atomic mass is 9.86. The Morgan fingerprint density at radius 2 is 1.49 bits per heavy atom. The minimum absolute atomic E-state index is 0.0455. The number of rotatable bonds is 24. The number of aromatic nitrogens is 1. The lowest BCUT2D eigenvalue weighted by Gasteiger charge is -2.32. The summed E-state index contributed by atoms with van der Waals surface area (Å²) in [5.74, 6) is -1.46. The van der Waals surface area contributed by atoms with Crippen LogP contribution < -0.4 is 10.6 Å². The van der Waals surface area contributed by atoms with Crippen molar-refractivity contribution in [3.8, 4) is 0 Å². The van der Waals surface area contributed by atoms with Gasteiger partial charge in [0.25, 0.3) is 5.91 Å². The Bertz CT molecular complexity index is 1210. The summed E-state index contributed by atoms with van der Waals surface area (Å²) in [6.45, 7) is 5.81. The number of nitrogens with zero attached hydrogens (tertiary/aromatic N) is 1. The first-order chi connectivity index (χ1) is 22.7. The minimum atomic E-state index is -1.29. The maximum atomic E-state index is 13.1. The van der Waals surface area contributed by atoms with Gasteiger partial charge >= 0.3 is 11.9 Å². The van der Waals surface area contributed by atoms with Gasteiger partial charge in [0.2, 0.25) is 5.91 Å². The summed E-state index contributed by atoms with van der Waals surface area (Å²) in [5.41, 5.74) is -0.880. The van der Waals surface area contributed by atoms with Crippen LogP contribution in [0, 0.1) is 5.41 Å². The zero-order valence-electron chi connectivity index (χ0n) is 28.2. The second kappa shape index (κ2) is 26.2. The predicted octanol–water partition coefficient (Wildman–Crippen LogP) is 6.65. The Balaban J connectivity index is 2.48. The maximum Gasteiger partial charge on any atom is 0.340 e. The maximum absolute atomic E-state index is 13.1. The van der Waals surface area contributed by atoms with Gasteiger partial charge in [-0.1, -0.05) is 81.5 Å². The van der Waals surface area contributed by atoms with Crippen LogP contribution in [0.4, 0.5) is 0 Å². The smallest absolute Gasteiger partial charge is 0.340 e. The molecule has 0 saturated heterocycles. The number of carbonyl (C=O) groups is 4. The summed E-state index contributed by atoms with van der Waals surface area (Å²) in [6, 6.07) is 3.11. The number of hydrogen-bond acceptors (Lipinski definition) is 8. The first-order valence-corrected chi connectivity index (χ1v) is 17.0. The fraction of sp³-hybridized carbons (Fsp3) is 0.486. The molecule has 258 valence electrons. The van der Waals surface area contributed by atoms with Crippen molar-refractivity contribution < 1.29 is 28.7 Å². The first kappa shape index (κ1) is 41.1. The van der Waals surface area contributed by atoms with Gasteiger partial charge in [-0.3, -0.25) is 19.4 Å². The van der Waals surface area contributed by atoms with Crippen LogP contribution in [0.15, 0.2) is 85.3 Å². The monoisotopic (exact) mass is 667 g/mol. The molecule has 0 spiro atoms. The van der Waals surface area contributed by atoms with Gasteiger partial charge in [-0.05, 0) is 57.1 Å². The van der Waals surface area contributed by atoms with Crippen molar-refractivity contribution in [3.63, 3.8) is 0 Å². The SMILES string of the molecule is CCC=CCC=CCC=CCC=CCC=CCCCC(=O)OCC(C)(C)C(OC(=O)c1cccnc1)C(=O)NCCC(=O)NCCS. The number of amides is 2. The lowest BCUT2D eigenvalue weighted by molar-refractivity contribution is -0.153. The highest BCUT2D eigenvalue weighted by atomic mass is 32.1. The van der Waals surface area contributed by atoms with Gasteiger partial charge < -0.3 is 20.1 Å². The lowest BCUT2D eigenvalue weighted by Crippen LogP contribution is -2.49. The molecule has 0 saturated carbocycles. The van der Waals surface area contributed by atoms with Crippen molar-refractivity contribution in [3.05, 3.63) is 90.9 Å². The van der Waals surface area contributed by atoms with Gasteiger partial charge in [-0.15, -0.1) is 0 Å². The van der Waals surface area contributed by atoms with E-state index >= 15 is 0 Å². The highest BCUT2D eigenvalue weighted by Gasteiger charge is 2.40. The molecule has 1 atom stereocenters. The first-order valence-electron chi connectivity index (χ1n) is 16.4. The van der Waals surface area contributed by atoms with E-state index in [0.717, 1.165) is 38.5 Å². The van der Waals surface area contributed by atoms with E-state index in [4.69, 9.17) is 9.47 Å². The number of carbonyl (C=O) groups excluding carboxylic acids is 4. The van der Waals surface area contributed by atoms with E-state index in [1.165, 1.54) is 18.5 Å². The molecule has 2 N–H and O–H groups in total. The molecule has 1 aromatic rings. The van der Waals surface area contributed by atoms with Gasteiger partial charge in [-0.2, -0.15) is 12.6 Å². The van der Waals surface area contributed by atoms with Gasteiger partial charge in [-0.25, -0.2) is 4.79 Å². The second-order valence-electron chi connectivity index (χ2n) is 11.4. The van der Waals surface area contributed by atoms with E-state index in [1.807, 2.05) is 6.08 Å². The normalized spacial score (nSPS) is 12.8. The van der Waals surface area contributed by atoms with Crippen molar-refractivity contribution in [2.45, 2.75) is 84.7 Å². The van der Waals surface area contributed by atoms with Crippen molar-refractivity contribution in [2.75, 3.05) is 25.4 Å². The molecule has 0 fully saturated rings. The van der Waals surface area contributed by atoms with Crippen molar-refractivity contribution >= 4 is 36.4 Å². The molecule has 1 unspecified atom stereocenters. The van der Waals surface area contributed by atoms with Crippen LogP contribution in [-0.4, -0.2) is 60.3 Å². The molecular weight excluding hydrogens is 614 g/mol. The molecule has 0 aliphatic heterocycles. The van der Waals surface area contributed by atoms with Crippen LogP contribution in [0.5, 0.6) is 0 Å². The standard InChI is InChI=1S/C37H53N3O6S/c1-4-5-6-7-8-9-10-11-12-13-14-15-16-17-18-19-20-23-33(42)45-30-37(2,3)34(46-36(44)31-22-21-25-38-29-31)35(43)40-26-24-32(41)39-27-28-47/h5-6,8-9,11-12,14-15,17-18,21-22,25,29,34,47H,4,7,10,13,16,19-20,23-24,26-28,30H2,1-3H3,(H,39,41)(H,40,43). The highest BCUT2D eigenvalue weighted by molar-refractivity contribution is 7.80.